The Bertz CT molecular complexity index is 638. The van der Waals surface area contributed by atoms with Crippen molar-refractivity contribution in [3.63, 3.8) is 0 Å². The highest BCUT2D eigenvalue weighted by Gasteiger charge is 2.31. The van der Waals surface area contributed by atoms with Crippen molar-refractivity contribution in [3.8, 4) is 0 Å². The molecule has 1 aromatic rings. The third-order valence-electron chi connectivity index (χ3n) is 3.45. The first-order chi connectivity index (χ1) is 9.81. The number of nitrogens with one attached hydrogen (secondary N) is 1. The van der Waals surface area contributed by atoms with Crippen LogP contribution in [0.25, 0.3) is 0 Å². The van der Waals surface area contributed by atoms with Gasteiger partial charge in [0.15, 0.2) is 9.84 Å². The predicted octanol–water partition coefficient (Wildman–Crippen LogP) is 1.98. The van der Waals surface area contributed by atoms with E-state index in [1.54, 1.807) is 0 Å². The molecule has 0 aliphatic heterocycles. The molecule has 0 amide bonds. The lowest BCUT2D eigenvalue weighted by atomic mass is 9.89. The Morgan fingerprint density at radius 3 is 2.62 bits per heavy atom. The van der Waals surface area contributed by atoms with E-state index in [4.69, 9.17) is 4.74 Å². The van der Waals surface area contributed by atoms with Crippen molar-refractivity contribution in [1.82, 2.24) is 0 Å². The van der Waals surface area contributed by atoms with E-state index in [0.29, 0.717) is 12.3 Å². The van der Waals surface area contributed by atoms with E-state index in [1.165, 1.54) is 12.1 Å². The van der Waals surface area contributed by atoms with E-state index >= 15 is 0 Å². The molecule has 0 saturated heterocycles. The molecule has 1 fully saturated rings. The number of ether oxygens (including phenoxy) is 1. The van der Waals surface area contributed by atoms with Gasteiger partial charge in [0.25, 0.3) is 5.69 Å². The third-order valence-corrected chi connectivity index (χ3v) is 4.56. The predicted molar refractivity (Wildman–Crippen MR) is 78.3 cm³/mol. The number of hydrogen-bond donors (Lipinski definition) is 1. The Hall–Kier alpha value is -1.67. The van der Waals surface area contributed by atoms with Crippen LogP contribution in [0, 0.1) is 10.1 Å². The summed E-state index contributed by atoms with van der Waals surface area (Å²) in [5.74, 6) is 0. The smallest absolute Gasteiger partial charge is 0.293 e. The molecular formula is C13H18N2O5S. The molecular weight excluding hydrogens is 296 g/mol. The summed E-state index contributed by atoms with van der Waals surface area (Å²) >= 11 is 0. The van der Waals surface area contributed by atoms with Crippen LogP contribution in [0.15, 0.2) is 23.1 Å². The summed E-state index contributed by atoms with van der Waals surface area (Å²) in [7, 11) is -3.46. The number of nitro benzene ring substituents is 1. The molecule has 1 aliphatic carbocycles. The first-order valence-electron chi connectivity index (χ1n) is 6.68. The molecule has 8 heteroatoms. The van der Waals surface area contributed by atoms with Crippen LogP contribution in [0.1, 0.15) is 19.8 Å². The zero-order valence-electron chi connectivity index (χ0n) is 11.9. The fourth-order valence-corrected chi connectivity index (χ4v) is 2.93. The van der Waals surface area contributed by atoms with E-state index in [2.05, 4.69) is 5.32 Å². The van der Waals surface area contributed by atoms with E-state index in [0.717, 1.165) is 25.2 Å². The Labute approximate surface area is 123 Å². The van der Waals surface area contributed by atoms with Gasteiger partial charge in [-0.25, -0.2) is 8.42 Å². The van der Waals surface area contributed by atoms with Gasteiger partial charge >= 0.3 is 0 Å². The maximum atomic E-state index is 11.5. The summed E-state index contributed by atoms with van der Waals surface area (Å²) in [6.45, 7) is 2.58. The molecule has 116 valence electrons. The van der Waals surface area contributed by atoms with Gasteiger partial charge in [0, 0.05) is 25.0 Å². The number of rotatable bonds is 6. The Morgan fingerprint density at radius 2 is 2.10 bits per heavy atom. The van der Waals surface area contributed by atoms with Crippen LogP contribution in [-0.4, -0.2) is 38.3 Å². The quantitative estimate of drug-likeness (QED) is 0.637. The number of anilines is 1. The first kappa shape index (κ1) is 15.7. The summed E-state index contributed by atoms with van der Waals surface area (Å²) in [6, 6.07) is 4.03. The summed E-state index contributed by atoms with van der Waals surface area (Å²) in [4.78, 5) is 10.5. The first-order valence-corrected chi connectivity index (χ1v) is 8.57. The van der Waals surface area contributed by atoms with Crippen molar-refractivity contribution >= 4 is 21.2 Å². The average Bonchev–Trinajstić information content (AvgIpc) is 2.35. The second kappa shape index (κ2) is 5.98. The van der Waals surface area contributed by atoms with Crippen LogP contribution in [0.3, 0.4) is 0 Å². The minimum atomic E-state index is -3.46. The molecule has 2 rings (SSSR count). The van der Waals surface area contributed by atoms with E-state index in [1.807, 2.05) is 6.92 Å². The van der Waals surface area contributed by atoms with Crippen LogP contribution in [0.4, 0.5) is 11.4 Å². The monoisotopic (exact) mass is 314 g/mol. The highest BCUT2D eigenvalue weighted by molar-refractivity contribution is 7.90. The van der Waals surface area contributed by atoms with Gasteiger partial charge in [0.1, 0.15) is 5.69 Å². The van der Waals surface area contributed by atoms with Gasteiger partial charge in [0.05, 0.1) is 15.9 Å². The van der Waals surface area contributed by atoms with Gasteiger partial charge in [-0.3, -0.25) is 10.1 Å². The van der Waals surface area contributed by atoms with Gasteiger partial charge in [-0.2, -0.15) is 0 Å². The van der Waals surface area contributed by atoms with Gasteiger partial charge in [-0.05, 0) is 31.9 Å². The lowest BCUT2D eigenvalue weighted by molar-refractivity contribution is -0.384. The van der Waals surface area contributed by atoms with Crippen LogP contribution >= 0.6 is 0 Å². The molecule has 1 saturated carbocycles. The highest BCUT2D eigenvalue weighted by Crippen LogP contribution is 2.32. The number of nitro groups is 1. The Morgan fingerprint density at radius 1 is 1.43 bits per heavy atom. The van der Waals surface area contributed by atoms with Crippen molar-refractivity contribution < 1.29 is 18.1 Å². The molecule has 21 heavy (non-hydrogen) atoms. The van der Waals surface area contributed by atoms with Crippen LogP contribution in [-0.2, 0) is 14.6 Å². The van der Waals surface area contributed by atoms with Gasteiger partial charge in [-0.15, -0.1) is 0 Å². The standard InChI is InChI=1S/C13H18N2O5S/c1-3-20-10-6-9(7-10)14-12-5-4-11(21(2,18)19)8-13(12)15(16)17/h4-5,8-10,14H,3,6-7H2,1-2H3. The maximum Gasteiger partial charge on any atom is 0.293 e. The summed E-state index contributed by atoms with van der Waals surface area (Å²) in [5, 5.41) is 14.2. The summed E-state index contributed by atoms with van der Waals surface area (Å²) in [5.41, 5.74) is 0.116. The lowest BCUT2D eigenvalue weighted by Gasteiger charge is -2.35. The Kier molecular flexibility index (Phi) is 4.48. The van der Waals surface area contributed by atoms with Gasteiger partial charge in [-0.1, -0.05) is 0 Å². The molecule has 1 aliphatic rings. The summed E-state index contributed by atoms with van der Waals surface area (Å²) < 4.78 is 28.4. The normalized spacial score (nSPS) is 21.6. The van der Waals surface area contributed by atoms with Gasteiger partial charge in [0.2, 0.25) is 0 Å². The Balaban J connectivity index is 2.15. The van der Waals surface area contributed by atoms with E-state index < -0.39 is 14.8 Å². The van der Waals surface area contributed by atoms with Crippen molar-refractivity contribution in [1.29, 1.82) is 0 Å². The number of nitrogens with zero attached hydrogens (tertiary/aromatic N) is 1. The molecule has 0 unspecified atom stereocenters. The molecule has 0 atom stereocenters. The van der Waals surface area contributed by atoms with Crippen molar-refractivity contribution in [2.75, 3.05) is 18.2 Å². The minimum Gasteiger partial charge on any atom is -0.378 e. The van der Waals surface area contributed by atoms with E-state index in [9.17, 15) is 18.5 Å². The van der Waals surface area contributed by atoms with Crippen LogP contribution in [0.2, 0.25) is 0 Å². The molecule has 7 nitrogen and oxygen atoms in total. The fraction of sp³-hybridized carbons (Fsp3) is 0.538. The fourth-order valence-electron chi connectivity index (χ4n) is 2.29. The topological polar surface area (TPSA) is 98.5 Å². The van der Waals surface area contributed by atoms with Gasteiger partial charge < -0.3 is 10.1 Å². The maximum absolute atomic E-state index is 11.5. The molecule has 1 N–H and O–H groups in total. The average molecular weight is 314 g/mol. The molecule has 0 heterocycles. The number of benzene rings is 1. The molecule has 0 spiro atoms. The number of sulfone groups is 1. The van der Waals surface area contributed by atoms with Crippen molar-refractivity contribution in [2.24, 2.45) is 0 Å². The molecule has 0 aromatic heterocycles. The SMILES string of the molecule is CCOC1CC(Nc2ccc(S(C)(=O)=O)cc2[N+](=O)[O-])C1. The van der Waals surface area contributed by atoms with Crippen molar-refractivity contribution in [3.05, 3.63) is 28.3 Å². The van der Waals surface area contributed by atoms with Crippen LogP contribution in [0.5, 0.6) is 0 Å². The van der Waals surface area contributed by atoms with E-state index in [-0.39, 0.29) is 22.7 Å². The van der Waals surface area contributed by atoms with Crippen LogP contribution < -0.4 is 5.32 Å². The zero-order valence-corrected chi connectivity index (χ0v) is 12.7. The number of hydrogen-bond acceptors (Lipinski definition) is 6. The lowest BCUT2D eigenvalue weighted by Crippen LogP contribution is -2.40. The molecule has 0 bridgehead atoms. The second-order valence-electron chi connectivity index (χ2n) is 5.10. The second-order valence-corrected chi connectivity index (χ2v) is 7.11. The molecule has 1 aromatic carbocycles. The highest BCUT2D eigenvalue weighted by atomic mass is 32.2. The zero-order chi connectivity index (χ0) is 15.6. The largest absolute Gasteiger partial charge is 0.378 e. The molecule has 0 radical (unpaired) electrons. The minimum absolute atomic E-state index is 0.0550. The third kappa shape index (κ3) is 3.70. The summed E-state index contributed by atoms with van der Waals surface area (Å²) in [6.07, 6.45) is 2.80. The van der Waals surface area contributed by atoms with Crippen molar-refractivity contribution in [2.45, 2.75) is 36.8 Å².